The molecule has 2 rings (SSSR count). The first-order valence-electron chi connectivity index (χ1n) is 10.4. The molecule has 28 heavy (non-hydrogen) atoms. The molecular formula is C22H35HgN2O2Si+. The fraction of sp³-hybridized carbons (Fsp3) is 0.591. The van der Waals surface area contributed by atoms with Crippen LogP contribution in [0.25, 0.3) is 10.9 Å². The van der Waals surface area contributed by atoms with Crippen LogP contribution in [0.15, 0.2) is 18.3 Å². The van der Waals surface area contributed by atoms with Crippen LogP contribution in [-0.2, 0) is 37.3 Å². The maximum absolute atomic E-state index is 11.4. The molecule has 1 amide bonds. The Morgan fingerprint density at radius 1 is 1.14 bits per heavy atom. The van der Waals surface area contributed by atoms with E-state index in [-0.39, 0.29) is 5.91 Å². The molecular weight excluding hydrogens is 553 g/mol. The standard InChI is InChI=1S/C22H35N2O2Si.Hg/c1-15(2)27(16(3)4,17(5)6)24-14-19(11-12-23-18(7)25)21-13-20(26-8)9-10-22(21)24;/h10,13-17H,11-12H2,1-8H3,(H,23,25);/q;+1. The predicted octanol–water partition coefficient (Wildman–Crippen LogP) is 4.52. The average molecular weight is 588 g/mol. The average Bonchev–Trinajstić information content (AvgIpc) is 2.91. The van der Waals surface area contributed by atoms with E-state index in [1.807, 2.05) is 0 Å². The van der Waals surface area contributed by atoms with E-state index in [4.69, 9.17) is 4.74 Å². The van der Waals surface area contributed by atoms with Crippen LogP contribution < -0.4 is 13.1 Å². The Balaban J connectivity index is 2.77. The molecule has 0 aliphatic rings. The molecule has 0 atom stereocenters. The minimum atomic E-state index is -1.85. The third-order valence-electron chi connectivity index (χ3n) is 6.25. The van der Waals surface area contributed by atoms with Gasteiger partial charge in [-0.25, -0.2) is 0 Å². The summed E-state index contributed by atoms with van der Waals surface area (Å²) in [5.74, 6) is 1.04. The van der Waals surface area contributed by atoms with E-state index in [0.29, 0.717) is 49.3 Å². The van der Waals surface area contributed by atoms with Crippen molar-refractivity contribution in [2.75, 3.05) is 13.7 Å². The van der Waals surface area contributed by atoms with Crippen LogP contribution in [0.3, 0.4) is 0 Å². The van der Waals surface area contributed by atoms with Gasteiger partial charge in [-0.15, -0.1) is 0 Å². The van der Waals surface area contributed by atoms with Crippen LogP contribution >= 0.6 is 0 Å². The fourth-order valence-corrected chi connectivity index (χ4v) is 13.6. The zero-order valence-electron chi connectivity index (χ0n) is 18.8. The minimum absolute atomic E-state index is 0.0285. The summed E-state index contributed by atoms with van der Waals surface area (Å²) < 4.78 is 9.73. The molecule has 0 saturated heterocycles. The number of hydrogen-bond acceptors (Lipinski definition) is 2. The number of ether oxygens (including phenoxy) is 1. The molecule has 4 nitrogen and oxygen atoms in total. The van der Waals surface area contributed by atoms with Gasteiger partial charge in [0.15, 0.2) is 0 Å². The molecule has 6 heteroatoms. The normalized spacial score (nSPS) is 12.5. The van der Waals surface area contributed by atoms with Gasteiger partial charge in [-0.1, -0.05) is 0 Å². The van der Waals surface area contributed by atoms with Gasteiger partial charge in [-0.05, 0) is 0 Å². The van der Waals surface area contributed by atoms with Gasteiger partial charge >= 0.3 is 188 Å². The van der Waals surface area contributed by atoms with Gasteiger partial charge in [-0.2, -0.15) is 0 Å². The van der Waals surface area contributed by atoms with Crippen molar-refractivity contribution in [3.63, 3.8) is 0 Å². The number of carbonyl (C=O) groups is 1. The Morgan fingerprint density at radius 3 is 2.18 bits per heavy atom. The molecule has 0 aliphatic carbocycles. The second-order valence-electron chi connectivity index (χ2n) is 8.79. The summed E-state index contributed by atoms with van der Waals surface area (Å²) in [6.45, 7) is 16.7. The number of carbonyl (C=O) groups excluding carboxylic acids is 1. The molecule has 1 aromatic carbocycles. The molecule has 1 aromatic heterocycles. The summed E-state index contributed by atoms with van der Waals surface area (Å²) in [5.41, 5.74) is 4.59. The van der Waals surface area contributed by atoms with E-state index in [2.05, 4.69) is 69.4 Å². The number of methoxy groups -OCH3 is 1. The van der Waals surface area contributed by atoms with E-state index in [1.54, 1.807) is 14.0 Å². The molecule has 0 unspecified atom stereocenters. The molecule has 1 N–H and O–H groups in total. The Bertz CT molecular complexity index is 821. The van der Waals surface area contributed by atoms with Crippen LogP contribution in [-0.4, -0.2) is 32.0 Å². The van der Waals surface area contributed by atoms with E-state index in [9.17, 15) is 4.79 Å². The Morgan fingerprint density at radius 2 is 1.71 bits per heavy atom. The SMILES string of the molecule is COc1cc2c(CCNC(C)=O)cn([Si](C(C)C)(C(C)C)C(C)C)c2c[c]1[Hg+]. The Kier molecular flexibility index (Phi) is 7.82. The molecule has 2 aromatic rings. The second kappa shape index (κ2) is 9.33. The van der Waals surface area contributed by atoms with Crippen LogP contribution in [0.4, 0.5) is 0 Å². The molecule has 150 valence electrons. The Labute approximate surface area is 187 Å². The third-order valence-corrected chi connectivity index (χ3v) is 15.2. The van der Waals surface area contributed by atoms with Gasteiger partial charge < -0.3 is 0 Å². The maximum atomic E-state index is 11.4. The van der Waals surface area contributed by atoms with Crippen molar-refractivity contribution in [3.8, 4) is 5.75 Å². The molecule has 0 aliphatic heterocycles. The predicted molar refractivity (Wildman–Crippen MR) is 117 cm³/mol. The number of hydrogen-bond donors (Lipinski definition) is 1. The van der Waals surface area contributed by atoms with Crippen LogP contribution in [0.1, 0.15) is 54.0 Å². The summed E-state index contributed by atoms with van der Waals surface area (Å²) >= 11 is 0.493. The molecule has 0 bridgehead atoms. The molecule has 0 fully saturated rings. The van der Waals surface area contributed by atoms with E-state index in [1.165, 1.54) is 19.5 Å². The molecule has 0 radical (unpaired) electrons. The number of aromatic nitrogens is 1. The summed E-state index contributed by atoms with van der Waals surface area (Å²) in [7, 11) is -0.0839. The molecule has 0 spiro atoms. The number of amides is 1. The van der Waals surface area contributed by atoms with Crippen LogP contribution in [0.5, 0.6) is 5.75 Å². The van der Waals surface area contributed by atoms with Gasteiger partial charge in [0.25, 0.3) is 0 Å². The first-order valence-corrected chi connectivity index (χ1v) is 15.3. The molecule has 1 heterocycles. The van der Waals surface area contributed by atoms with Crippen molar-refractivity contribution in [1.82, 2.24) is 9.55 Å². The monoisotopic (exact) mass is 589 g/mol. The topological polar surface area (TPSA) is 43.3 Å². The fourth-order valence-electron chi connectivity index (χ4n) is 5.28. The number of benzene rings is 1. The van der Waals surface area contributed by atoms with Crippen LogP contribution in [0.2, 0.25) is 16.6 Å². The van der Waals surface area contributed by atoms with Gasteiger partial charge in [0.05, 0.1) is 0 Å². The van der Waals surface area contributed by atoms with E-state index < -0.39 is 8.24 Å². The van der Waals surface area contributed by atoms with E-state index in [0.717, 1.165) is 12.2 Å². The van der Waals surface area contributed by atoms with Crippen molar-refractivity contribution >= 4 is 28.1 Å². The summed E-state index contributed by atoms with van der Waals surface area (Å²) in [6.07, 6.45) is 3.25. The van der Waals surface area contributed by atoms with E-state index >= 15 is 0 Å². The summed E-state index contributed by atoms with van der Waals surface area (Å²) in [6, 6.07) is 4.62. The number of nitrogens with zero attached hydrogens (tertiary/aromatic N) is 1. The van der Waals surface area contributed by atoms with Crippen molar-refractivity contribution in [3.05, 3.63) is 23.9 Å². The third kappa shape index (κ3) is 4.20. The number of fused-ring (bicyclic) bond motifs is 1. The van der Waals surface area contributed by atoms with Crippen molar-refractivity contribution in [1.29, 1.82) is 0 Å². The molecule has 0 saturated carbocycles. The van der Waals surface area contributed by atoms with Crippen molar-refractivity contribution in [2.45, 2.75) is 71.5 Å². The Hall–Kier alpha value is -0.818. The zero-order valence-corrected chi connectivity index (χ0v) is 25.3. The van der Waals surface area contributed by atoms with Gasteiger partial charge in [0.2, 0.25) is 0 Å². The number of rotatable bonds is 8. The number of nitrogens with one attached hydrogen (secondary N) is 1. The van der Waals surface area contributed by atoms with Crippen molar-refractivity contribution < 1.29 is 35.7 Å². The summed E-state index contributed by atoms with van der Waals surface area (Å²) in [5, 5.41) is 4.24. The van der Waals surface area contributed by atoms with Gasteiger partial charge in [-0.3, -0.25) is 0 Å². The second-order valence-corrected chi connectivity index (χ2v) is 17.5. The first kappa shape index (κ1) is 23.5. The van der Waals surface area contributed by atoms with Crippen LogP contribution in [0, 0.1) is 0 Å². The first-order chi connectivity index (χ1) is 13.1. The summed E-state index contributed by atoms with van der Waals surface area (Å²) in [4.78, 5) is 11.4. The van der Waals surface area contributed by atoms with Crippen molar-refractivity contribution in [2.24, 2.45) is 0 Å². The van der Waals surface area contributed by atoms with Gasteiger partial charge in [0, 0.05) is 0 Å². The van der Waals surface area contributed by atoms with Gasteiger partial charge in [0.1, 0.15) is 0 Å². The zero-order chi connectivity index (χ0) is 21.2. The quantitative estimate of drug-likeness (QED) is 0.462.